The lowest BCUT2D eigenvalue weighted by atomic mass is 9.89. The fraction of sp³-hybridized carbons (Fsp3) is 0.163. The van der Waals surface area contributed by atoms with E-state index in [-0.39, 0.29) is 5.92 Å². The molecule has 0 heterocycles. The maximum Gasteiger partial charge on any atom is 0.647 e. The zero-order chi connectivity index (χ0) is 37.4. The molecule has 53 heavy (non-hydrogen) atoms. The van der Waals surface area contributed by atoms with Gasteiger partial charge in [-0.25, -0.2) is 0 Å². The molecule has 0 bridgehead atoms. The standard InChI is InChI=1S/C43H42O8P2/c1-6-43(35-15-27-41(28-16-35)50-52(44,46-37-19-7-31(2)8-20-37)47-38-21-9-32(3)10-22-38)36-17-29-42(30-18-36)51-53(45,48-39-23-11-33(4)12-24-39)49-40-25-13-34(5)14-26-40/h7-30,43H,6H2,1-5H3. The number of hydrogen-bond acceptors (Lipinski definition) is 8. The third-order valence-corrected chi connectivity index (χ3v) is 11.0. The van der Waals surface area contributed by atoms with Crippen LogP contribution >= 0.6 is 15.6 Å². The lowest BCUT2D eigenvalue weighted by Gasteiger charge is -2.21. The summed E-state index contributed by atoms with van der Waals surface area (Å²) < 4.78 is 63.3. The Kier molecular flexibility index (Phi) is 11.6. The number of phosphoric ester groups is 2. The van der Waals surface area contributed by atoms with E-state index < -0.39 is 15.6 Å². The zero-order valence-electron chi connectivity index (χ0n) is 30.3. The largest absolute Gasteiger partial charge is 0.647 e. The zero-order valence-corrected chi connectivity index (χ0v) is 32.1. The monoisotopic (exact) mass is 748 g/mol. The van der Waals surface area contributed by atoms with Crippen molar-refractivity contribution in [1.29, 1.82) is 0 Å². The van der Waals surface area contributed by atoms with Gasteiger partial charge in [-0.1, -0.05) is 102 Å². The second-order valence-corrected chi connectivity index (χ2v) is 15.7. The van der Waals surface area contributed by atoms with Crippen LogP contribution in [-0.2, 0) is 9.13 Å². The van der Waals surface area contributed by atoms with Crippen LogP contribution in [0.15, 0.2) is 146 Å². The molecule has 0 atom stereocenters. The van der Waals surface area contributed by atoms with Crippen molar-refractivity contribution in [2.24, 2.45) is 0 Å². The van der Waals surface area contributed by atoms with Gasteiger partial charge in [-0.15, -0.1) is 0 Å². The molecule has 272 valence electrons. The lowest BCUT2D eigenvalue weighted by Crippen LogP contribution is -2.08. The molecule has 10 heteroatoms. The summed E-state index contributed by atoms with van der Waals surface area (Å²) in [5.41, 5.74) is 6.17. The minimum atomic E-state index is -4.15. The molecule has 0 radical (unpaired) electrons. The number of hydrogen-bond donors (Lipinski definition) is 0. The third-order valence-electron chi connectivity index (χ3n) is 8.36. The highest BCUT2D eigenvalue weighted by molar-refractivity contribution is 7.50. The van der Waals surface area contributed by atoms with Gasteiger partial charge in [0.1, 0.15) is 34.5 Å². The van der Waals surface area contributed by atoms with E-state index >= 15 is 0 Å². The van der Waals surface area contributed by atoms with E-state index in [0.717, 1.165) is 39.8 Å². The minimum Gasteiger partial charge on any atom is -0.386 e. The molecular weight excluding hydrogens is 706 g/mol. The van der Waals surface area contributed by atoms with Crippen molar-refractivity contribution in [2.45, 2.75) is 47.0 Å². The maximum absolute atomic E-state index is 14.0. The second-order valence-electron chi connectivity index (χ2n) is 12.8. The molecule has 0 aromatic heterocycles. The van der Waals surface area contributed by atoms with Crippen molar-refractivity contribution in [1.82, 2.24) is 0 Å². The van der Waals surface area contributed by atoms with E-state index in [1.54, 1.807) is 72.8 Å². The first-order chi connectivity index (χ1) is 25.5. The number of benzene rings is 6. The summed E-state index contributed by atoms with van der Waals surface area (Å²) >= 11 is 0. The molecule has 0 aliphatic rings. The predicted octanol–water partition coefficient (Wildman–Crippen LogP) is 12.8. The van der Waals surface area contributed by atoms with Crippen LogP contribution in [0.3, 0.4) is 0 Å². The molecular formula is C43H42O8P2. The molecule has 6 aromatic carbocycles. The van der Waals surface area contributed by atoms with Crippen molar-refractivity contribution < 1.29 is 36.3 Å². The average Bonchev–Trinajstić information content (AvgIpc) is 3.14. The molecule has 8 nitrogen and oxygen atoms in total. The van der Waals surface area contributed by atoms with Gasteiger partial charge >= 0.3 is 15.6 Å². The average molecular weight is 749 g/mol. The van der Waals surface area contributed by atoms with E-state index in [4.69, 9.17) is 27.1 Å². The topological polar surface area (TPSA) is 89.5 Å². The fourth-order valence-corrected chi connectivity index (χ4v) is 7.97. The molecule has 6 rings (SSSR count). The number of aryl methyl sites for hydroxylation is 4. The first kappa shape index (κ1) is 37.3. The molecule has 0 N–H and O–H groups in total. The first-order valence-electron chi connectivity index (χ1n) is 17.3. The van der Waals surface area contributed by atoms with E-state index in [2.05, 4.69) is 6.92 Å². The highest BCUT2D eigenvalue weighted by atomic mass is 31.2. The Bertz CT molecular complexity index is 1920. The van der Waals surface area contributed by atoms with Crippen LogP contribution in [0.25, 0.3) is 0 Å². The summed E-state index contributed by atoms with van der Waals surface area (Å²) in [5.74, 6) is 2.11. The van der Waals surface area contributed by atoms with Gasteiger partial charge in [0.15, 0.2) is 0 Å². The van der Waals surface area contributed by atoms with Gasteiger partial charge in [0.2, 0.25) is 0 Å². The Morgan fingerprint density at radius 1 is 0.358 bits per heavy atom. The van der Waals surface area contributed by atoms with Crippen molar-refractivity contribution in [3.8, 4) is 34.5 Å². The van der Waals surface area contributed by atoms with Crippen molar-refractivity contribution in [2.75, 3.05) is 0 Å². The SMILES string of the molecule is CCC(c1ccc(OP(=O)(Oc2ccc(C)cc2)Oc2ccc(C)cc2)cc1)c1ccc(OP(=O)(Oc2ccc(C)cc2)Oc2ccc(C)cc2)cc1. The quantitative estimate of drug-likeness (QED) is 0.0959. The highest BCUT2D eigenvalue weighted by Crippen LogP contribution is 2.51. The summed E-state index contributed by atoms with van der Waals surface area (Å²) in [6.45, 7) is 9.93. The van der Waals surface area contributed by atoms with E-state index in [1.165, 1.54) is 0 Å². The summed E-state index contributed by atoms with van der Waals surface area (Å²) in [4.78, 5) is 0. The Hall–Kier alpha value is -5.42. The smallest absolute Gasteiger partial charge is 0.386 e. The van der Waals surface area contributed by atoms with Crippen LogP contribution < -0.4 is 27.1 Å². The molecule has 0 unspecified atom stereocenters. The lowest BCUT2D eigenvalue weighted by molar-refractivity contribution is 0.296. The molecule has 0 spiro atoms. The van der Waals surface area contributed by atoms with E-state index in [9.17, 15) is 9.13 Å². The molecule has 0 saturated carbocycles. The van der Waals surface area contributed by atoms with Gasteiger partial charge in [0, 0.05) is 5.92 Å². The van der Waals surface area contributed by atoms with Gasteiger partial charge < -0.3 is 27.1 Å². The molecule has 0 amide bonds. The van der Waals surface area contributed by atoms with Crippen molar-refractivity contribution in [3.63, 3.8) is 0 Å². The molecule has 6 aromatic rings. The number of rotatable bonds is 15. The Morgan fingerprint density at radius 2 is 0.547 bits per heavy atom. The maximum atomic E-state index is 14.0. The van der Waals surface area contributed by atoms with Gasteiger partial charge in [-0.2, -0.15) is 9.13 Å². The Balaban J connectivity index is 1.18. The van der Waals surface area contributed by atoms with Crippen LogP contribution in [0, 0.1) is 27.7 Å². The van der Waals surface area contributed by atoms with Crippen LogP contribution in [0.5, 0.6) is 34.5 Å². The highest BCUT2D eigenvalue weighted by Gasteiger charge is 2.34. The second kappa shape index (κ2) is 16.5. The Morgan fingerprint density at radius 3 is 0.736 bits per heavy atom. The summed E-state index contributed by atoms with van der Waals surface area (Å²) in [5, 5.41) is 0. The van der Waals surface area contributed by atoms with Gasteiger partial charge in [-0.05, 0) is 118 Å². The Labute approximate surface area is 311 Å². The number of phosphoric acid groups is 2. The molecule has 0 aliphatic heterocycles. The first-order valence-corrected chi connectivity index (χ1v) is 20.2. The summed E-state index contributed by atoms with van der Waals surface area (Å²) in [6, 6.07) is 43.4. The predicted molar refractivity (Wildman–Crippen MR) is 209 cm³/mol. The van der Waals surface area contributed by atoms with Crippen LogP contribution in [0.1, 0.15) is 52.6 Å². The van der Waals surface area contributed by atoms with Crippen LogP contribution in [-0.4, -0.2) is 0 Å². The van der Waals surface area contributed by atoms with Gasteiger partial charge in [-0.3, -0.25) is 0 Å². The van der Waals surface area contributed by atoms with Crippen LogP contribution in [0.2, 0.25) is 0 Å². The van der Waals surface area contributed by atoms with Gasteiger partial charge in [0.25, 0.3) is 0 Å². The van der Waals surface area contributed by atoms with Gasteiger partial charge in [0.05, 0.1) is 0 Å². The van der Waals surface area contributed by atoms with Crippen LogP contribution in [0.4, 0.5) is 0 Å². The molecule has 0 fully saturated rings. The minimum absolute atomic E-state index is 0.0111. The fourth-order valence-electron chi connectivity index (χ4n) is 5.47. The third kappa shape index (κ3) is 10.3. The van der Waals surface area contributed by atoms with Crippen molar-refractivity contribution >= 4 is 15.6 Å². The van der Waals surface area contributed by atoms with Crippen molar-refractivity contribution in [3.05, 3.63) is 179 Å². The normalized spacial score (nSPS) is 11.5. The molecule has 0 saturated heterocycles. The summed E-state index contributed by atoms with van der Waals surface area (Å²) in [6.07, 6.45) is 0.789. The molecule has 0 aliphatic carbocycles. The van der Waals surface area contributed by atoms with E-state index in [1.807, 2.05) is 100 Å². The summed E-state index contributed by atoms with van der Waals surface area (Å²) in [7, 11) is -8.30. The van der Waals surface area contributed by atoms with E-state index in [0.29, 0.717) is 34.5 Å².